The van der Waals surface area contributed by atoms with Gasteiger partial charge in [0.1, 0.15) is 5.70 Å². The number of carboxylic acids is 1. The SMILES string of the molecule is O=C1NC(C(=O)O)=CC(C2CCCCC2)N1. The van der Waals surface area contributed by atoms with Crippen LogP contribution in [0.15, 0.2) is 11.8 Å². The van der Waals surface area contributed by atoms with E-state index < -0.39 is 12.0 Å². The van der Waals surface area contributed by atoms with Crippen LogP contribution in [0.1, 0.15) is 32.1 Å². The number of aliphatic carboxylic acids is 1. The van der Waals surface area contributed by atoms with Crippen molar-refractivity contribution in [1.29, 1.82) is 0 Å². The highest BCUT2D eigenvalue weighted by molar-refractivity contribution is 5.93. The quantitative estimate of drug-likeness (QED) is 0.659. The van der Waals surface area contributed by atoms with Crippen molar-refractivity contribution >= 4 is 12.0 Å². The molecule has 1 aliphatic carbocycles. The molecule has 3 N–H and O–H groups in total. The Morgan fingerprint density at radius 1 is 1.31 bits per heavy atom. The molecule has 0 aromatic carbocycles. The van der Waals surface area contributed by atoms with Gasteiger partial charge in [-0.05, 0) is 24.8 Å². The van der Waals surface area contributed by atoms with E-state index in [-0.39, 0.29) is 11.7 Å². The van der Waals surface area contributed by atoms with Crippen LogP contribution in [0.3, 0.4) is 0 Å². The van der Waals surface area contributed by atoms with E-state index >= 15 is 0 Å². The Hall–Kier alpha value is -1.52. The van der Waals surface area contributed by atoms with Gasteiger partial charge in [-0.15, -0.1) is 0 Å². The van der Waals surface area contributed by atoms with E-state index in [4.69, 9.17) is 5.11 Å². The molecule has 2 rings (SSSR count). The van der Waals surface area contributed by atoms with Gasteiger partial charge in [-0.1, -0.05) is 19.3 Å². The third-order valence-corrected chi connectivity index (χ3v) is 3.28. The second kappa shape index (κ2) is 4.55. The number of nitrogens with one attached hydrogen (secondary N) is 2. The molecule has 2 aliphatic rings. The minimum absolute atomic E-state index is 0.000626. The molecule has 16 heavy (non-hydrogen) atoms. The normalized spacial score (nSPS) is 26.6. The molecule has 1 saturated carbocycles. The predicted molar refractivity (Wildman–Crippen MR) is 57.7 cm³/mol. The summed E-state index contributed by atoms with van der Waals surface area (Å²) in [6.07, 6.45) is 7.33. The van der Waals surface area contributed by atoms with Crippen LogP contribution < -0.4 is 10.6 Å². The van der Waals surface area contributed by atoms with Crippen LogP contribution in [0.4, 0.5) is 4.79 Å². The van der Waals surface area contributed by atoms with Crippen molar-refractivity contribution in [3.8, 4) is 0 Å². The van der Waals surface area contributed by atoms with Crippen LogP contribution in [0.25, 0.3) is 0 Å². The third-order valence-electron chi connectivity index (χ3n) is 3.28. The largest absolute Gasteiger partial charge is 0.477 e. The van der Waals surface area contributed by atoms with Gasteiger partial charge in [0.05, 0.1) is 6.04 Å². The first-order chi connectivity index (χ1) is 7.66. The number of carbonyl (C=O) groups excluding carboxylic acids is 1. The standard InChI is InChI=1S/C11H16N2O3/c14-10(15)9-6-8(12-11(16)13-9)7-4-2-1-3-5-7/h6-8H,1-5H2,(H,14,15)(H2,12,13,16). The first-order valence-electron chi connectivity index (χ1n) is 5.69. The number of carboxylic acid groups (broad SMARTS) is 1. The fourth-order valence-electron chi connectivity index (χ4n) is 2.44. The van der Waals surface area contributed by atoms with Crippen molar-refractivity contribution in [3.63, 3.8) is 0 Å². The number of rotatable bonds is 2. The van der Waals surface area contributed by atoms with Gasteiger partial charge in [0.25, 0.3) is 0 Å². The van der Waals surface area contributed by atoms with E-state index in [9.17, 15) is 9.59 Å². The molecule has 1 heterocycles. The summed E-state index contributed by atoms with van der Waals surface area (Å²) in [6.45, 7) is 0. The maximum Gasteiger partial charge on any atom is 0.352 e. The van der Waals surface area contributed by atoms with E-state index in [1.54, 1.807) is 6.08 Å². The zero-order valence-electron chi connectivity index (χ0n) is 9.03. The molecule has 1 unspecified atom stereocenters. The molecular weight excluding hydrogens is 208 g/mol. The Balaban J connectivity index is 2.10. The van der Waals surface area contributed by atoms with Crippen molar-refractivity contribution in [2.45, 2.75) is 38.1 Å². The van der Waals surface area contributed by atoms with Crippen LogP contribution in [-0.2, 0) is 4.79 Å². The van der Waals surface area contributed by atoms with Gasteiger partial charge in [0, 0.05) is 0 Å². The summed E-state index contributed by atoms with van der Waals surface area (Å²) in [5.41, 5.74) is -0.000626. The lowest BCUT2D eigenvalue weighted by molar-refractivity contribution is -0.133. The van der Waals surface area contributed by atoms with Gasteiger partial charge in [-0.25, -0.2) is 9.59 Å². The second-order valence-corrected chi connectivity index (χ2v) is 4.41. The average molecular weight is 224 g/mol. The fourth-order valence-corrected chi connectivity index (χ4v) is 2.44. The smallest absolute Gasteiger partial charge is 0.352 e. The lowest BCUT2D eigenvalue weighted by Gasteiger charge is -2.31. The van der Waals surface area contributed by atoms with Crippen LogP contribution in [0.2, 0.25) is 0 Å². The van der Waals surface area contributed by atoms with Gasteiger partial charge >= 0.3 is 12.0 Å². The van der Waals surface area contributed by atoms with Crippen molar-refractivity contribution < 1.29 is 14.7 Å². The van der Waals surface area contributed by atoms with E-state index in [0.717, 1.165) is 12.8 Å². The van der Waals surface area contributed by atoms with Crippen molar-refractivity contribution in [2.24, 2.45) is 5.92 Å². The molecular formula is C11H16N2O3. The van der Waals surface area contributed by atoms with Crippen LogP contribution in [0.5, 0.6) is 0 Å². The van der Waals surface area contributed by atoms with E-state index in [0.29, 0.717) is 5.92 Å². The molecule has 1 atom stereocenters. The molecule has 0 aromatic rings. The number of hydrogen-bond acceptors (Lipinski definition) is 2. The minimum atomic E-state index is -1.07. The van der Waals surface area contributed by atoms with Gasteiger partial charge < -0.3 is 15.7 Å². The number of amides is 2. The highest BCUT2D eigenvalue weighted by Crippen LogP contribution is 2.28. The Kier molecular flexibility index (Phi) is 3.12. The summed E-state index contributed by atoms with van der Waals surface area (Å²) in [7, 11) is 0. The van der Waals surface area contributed by atoms with E-state index in [1.807, 2.05) is 0 Å². The first kappa shape index (κ1) is 11.0. The van der Waals surface area contributed by atoms with E-state index in [1.165, 1.54) is 19.3 Å². The second-order valence-electron chi connectivity index (χ2n) is 4.41. The summed E-state index contributed by atoms with van der Waals surface area (Å²) in [5.74, 6) is -0.690. The molecule has 0 bridgehead atoms. The fraction of sp³-hybridized carbons (Fsp3) is 0.636. The zero-order chi connectivity index (χ0) is 11.5. The molecule has 1 fully saturated rings. The number of urea groups is 1. The zero-order valence-corrected chi connectivity index (χ0v) is 9.03. The first-order valence-corrected chi connectivity index (χ1v) is 5.69. The highest BCUT2D eigenvalue weighted by Gasteiger charge is 2.28. The Morgan fingerprint density at radius 3 is 2.62 bits per heavy atom. The van der Waals surface area contributed by atoms with Gasteiger partial charge in [-0.3, -0.25) is 0 Å². The molecule has 0 radical (unpaired) electrons. The van der Waals surface area contributed by atoms with Gasteiger partial charge in [-0.2, -0.15) is 0 Å². The van der Waals surface area contributed by atoms with Crippen molar-refractivity contribution in [3.05, 3.63) is 11.8 Å². The monoisotopic (exact) mass is 224 g/mol. The molecule has 2 amide bonds. The maximum absolute atomic E-state index is 11.3. The topological polar surface area (TPSA) is 78.4 Å². The van der Waals surface area contributed by atoms with Crippen LogP contribution in [0, 0.1) is 5.92 Å². The molecule has 0 aromatic heterocycles. The molecule has 88 valence electrons. The molecule has 1 aliphatic heterocycles. The van der Waals surface area contributed by atoms with Gasteiger partial charge in [0.2, 0.25) is 0 Å². The van der Waals surface area contributed by atoms with E-state index in [2.05, 4.69) is 10.6 Å². The molecule has 0 saturated heterocycles. The summed E-state index contributed by atoms with van der Waals surface area (Å²) in [5, 5.41) is 13.9. The molecule has 5 nitrogen and oxygen atoms in total. The summed E-state index contributed by atoms with van der Waals surface area (Å²) in [4.78, 5) is 22.1. The predicted octanol–water partition coefficient (Wildman–Crippen LogP) is 1.22. The highest BCUT2D eigenvalue weighted by atomic mass is 16.4. The molecule has 0 spiro atoms. The number of carbonyl (C=O) groups is 2. The maximum atomic E-state index is 11.3. The van der Waals surface area contributed by atoms with Crippen LogP contribution >= 0.6 is 0 Å². The number of hydrogen-bond donors (Lipinski definition) is 3. The minimum Gasteiger partial charge on any atom is -0.477 e. The summed E-state index contributed by atoms with van der Waals surface area (Å²) < 4.78 is 0. The average Bonchev–Trinajstić information content (AvgIpc) is 2.29. The van der Waals surface area contributed by atoms with Crippen LogP contribution in [-0.4, -0.2) is 23.1 Å². The summed E-state index contributed by atoms with van der Waals surface area (Å²) >= 11 is 0. The Morgan fingerprint density at radius 2 is 2.00 bits per heavy atom. The lowest BCUT2D eigenvalue weighted by atomic mass is 9.83. The Labute approximate surface area is 93.9 Å². The van der Waals surface area contributed by atoms with Crippen molar-refractivity contribution in [2.75, 3.05) is 0 Å². The third kappa shape index (κ3) is 2.35. The van der Waals surface area contributed by atoms with Gasteiger partial charge in [0.15, 0.2) is 0 Å². The van der Waals surface area contributed by atoms with Crippen molar-refractivity contribution in [1.82, 2.24) is 10.6 Å². The summed E-state index contributed by atoms with van der Waals surface area (Å²) in [6, 6.07) is -0.532. The lowest BCUT2D eigenvalue weighted by Crippen LogP contribution is -2.50. The Bertz CT molecular complexity index is 332. The molecule has 5 heteroatoms.